The molecule has 0 aliphatic carbocycles. The van der Waals surface area contributed by atoms with Crippen LogP contribution in [0.2, 0.25) is 0 Å². The molecule has 0 aliphatic rings. The first kappa shape index (κ1) is 15.6. The summed E-state index contributed by atoms with van der Waals surface area (Å²) in [5.41, 5.74) is 1.45. The molecule has 18 heavy (non-hydrogen) atoms. The third-order valence-electron chi connectivity index (χ3n) is 3.08. The summed E-state index contributed by atoms with van der Waals surface area (Å²) in [5.74, 6) is 0. The second-order valence-corrected chi connectivity index (χ2v) is 7.50. The Morgan fingerprint density at radius 2 is 2.00 bits per heavy atom. The van der Waals surface area contributed by atoms with E-state index >= 15 is 0 Å². The van der Waals surface area contributed by atoms with Crippen LogP contribution < -0.4 is 0 Å². The minimum absolute atomic E-state index is 0.363. The second kappa shape index (κ2) is 8.60. The van der Waals surface area contributed by atoms with Gasteiger partial charge in [-0.1, -0.05) is 19.1 Å². The highest BCUT2D eigenvalue weighted by Gasteiger charge is 2.19. The summed E-state index contributed by atoms with van der Waals surface area (Å²) in [6.07, 6.45) is 5.71. The molecular weight excluding hydrogens is 240 g/mol. The van der Waals surface area contributed by atoms with Gasteiger partial charge in [-0.25, -0.2) is 0 Å². The van der Waals surface area contributed by atoms with Crippen LogP contribution in [0.1, 0.15) is 39.2 Å². The maximum atomic E-state index is 5.52. The summed E-state index contributed by atoms with van der Waals surface area (Å²) in [4.78, 5) is 1.50. The Morgan fingerprint density at radius 3 is 2.67 bits per heavy atom. The summed E-state index contributed by atoms with van der Waals surface area (Å²) >= 11 is 0. The van der Waals surface area contributed by atoms with E-state index in [2.05, 4.69) is 51.3 Å². The summed E-state index contributed by atoms with van der Waals surface area (Å²) in [7, 11) is 0.363. The SMILES string of the molecule is CCCOCCCc1cccc([S+](C)C(C)C)c1. The van der Waals surface area contributed by atoms with Gasteiger partial charge in [0.15, 0.2) is 4.90 Å². The molecule has 0 bridgehead atoms. The van der Waals surface area contributed by atoms with Crippen LogP contribution in [-0.2, 0) is 22.1 Å². The summed E-state index contributed by atoms with van der Waals surface area (Å²) in [6.45, 7) is 8.53. The molecule has 1 unspecified atom stereocenters. The van der Waals surface area contributed by atoms with Gasteiger partial charge in [0, 0.05) is 24.1 Å². The van der Waals surface area contributed by atoms with Crippen molar-refractivity contribution in [2.24, 2.45) is 0 Å². The molecule has 2 heteroatoms. The Morgan fingerprint density at radius 1 is 1.22 bits per heavy atom. The largest absolute Gasteiger partial charge is 0.381 e. The molecule has 1 aromatic carbocycles. The van der Waals surface area contributed by atoms with Crippen molar-refractivity contribution in [2.75, 3.05) is 19.5 Å². The molecule has 0 radical (unpaired) electrons. The number of benzene rings is 1. The quantitative estimate of drug-likeness (QED) is 0.510. The van der Waals surface area contributed by atoms with E-state index in [4.69, 9.17) is 4.74 Å². The van der Waals surface area contributed by atoms with E-state index < -0.39 is 0 Å². The maximum absolute atomic E-state index is 5.52. The van der Waals surface area contributed by atoms with E-state index in [0.29, 0.717) is 10.9 Å². The van der Waals surface area contributed by atoms with Crippen molar-refractivity contribution in [3.05, 3.63) is 29.8 Å². The Labute approximate surface area is 115 Å². The van der Waals surface area contributed by atoms with Gasteiger partial charge in [0.1, 0.15) is 11.5 Å². The van der Waals surface area contributed by atoms with Gasteiger partial charge in [-0.15, -0.1) is 0 Å². The van der Waals surface area contributed by atoms with Gasteiger partial charge in [0.25, 0.3) is 0 Å². The highest BCUT2D eigenvalue weighted by atomic mass is 32.2. The van der Waals surface area contributed by atoms with Crippen LogP contribution in [0.15, 0.2) is 29.2 Å². The molecule has 0 heterocycles. The molecule has 0 saturated carbocycles. The number of hydrogen-bond donors (Lipinski definition) is 0. The zero-order chi connectivity index (χ0) is 13.4. The van der Waals surface area contributed by atoms with Gasteiger partial charge in [-0.2, -0.15) is 0 Å². The fourth-order valence-electron chi connectivity index (χ4n) is 1.80. The molecule has 0 fully saturated rings. The zero-order valence-electron chi connectivity index (χ0n) is 12.2. The lowest BCUT2D eigenvalue weighted by molar-refractivity contribution is 0.132. The average Bonchev–Trinajstić information content (AvgIpc) is 2.38. The Hall–Kier alpha value is -0.470. The maximum Gasteiger partial charge on any atom is 0.155 e. The molecule has 0 spiro atoms. The fourth-order valence-corrected chi connectivity index (χ4v) is 2.97. The van der Waals surface area contributed by atoms with Gasteiger partial charge in [-0.3, -0.25) is 0 Å². The van der Waals surface area contributed by atoms with Crippen LogP contribution in [0.5, 0.6) is 0 Å². The molecule has 1 rings (SSSR count). The van der Waals surface area contributed by atoms with Crippen molar-refractivity contribution in [3.8, 4) is 0 Å². The van der Waals surface area contributed by atoms with E-state index in [1.54, 1.807) is 0 Å². The third-order valence-corrected chi connectivity index (χ3v) is 5.49. The molecule has 0 aliphatic heterocycles. The number of hydrogen-bond acceptors (Lipinski definition) is 1. The van der Waals surface area contributed by atoms with E-state index in [0.717, 1.165) is 37.7 Å². The van der Waals surface area contributed by atoms with Gasteiger partial charge in [0.2, 0.25) is 0 Å². The lowest BCUT2D eigenvalue weighted by Crippen LogP contribution is -2.13. The number of ether oxygens (including phenoxy) is 1. The van der Waals surface area contributed by atoms with Gasteiger partial charge >= 0.3 is 0 Å². The van der Waals surface area contributed by atoms with Crippen LogP contribution in [0.3, 0.4) is 0 Å². The van der Waals surface area contributed by atoms with Crippen molar-refractivity contribution in [1.29, 1.82) is 0 Å². The molecule has 0 N–H and O–H groups in total. The minimum atomic E-state index is 0.363. The van der Waals surface area contributed by atoms with Crippen LogP contribution in [0, 0.1) is 0 Å². The van der Waals surface area contributed by atoms with Crippen molar-refractivity contribution >= 4 is 10.9 Å². The van der Waals surface area contributed by atoms with Crippen molar-refractivity contribution in [3.63, 3.8) is 0 Å². The Bertz CT molecular complexity index is 336. The van der Waals surface area contributed by atoms with Gasteiger partial charge in [-0.05, 0) is 50.8 Å². The van der Waals surface area contributed by atoms with Gasteiger partial charge < -0.3 is 4.74 Å². The number of rotatable bonds is 8. The molecule has 0 saturated heterocycles. The first-order chi connectivity index (χ1) is 8.65. The lowest BCUT2D eigenvalue weighted by Gasteiger charge is -2.08. The molecule has 102 valence electrons. The normalized spacial score (nSPS) is 12.9. The predicted octanol–water partition coefficient (Wildman–Crippen LogP) is 4.06. The van der Waals surface area contributed by atoms with E-state index in [1.807, 2.05) is 0 Å². The highest BCUT2D eigenvalue weighted by molar-refractivity contribution is 7.96. The molecule has 0 aromatic heterocycles. The zero-order valence-corrected chi connectivity index (χ0v) is 13.1. The van der Waals surface area contributed by atoms with Crippen LogP contribution in [-0.4, -0.2) is 24.7 Å². The number of aryl methyl sites for hydroxylation is 1. The summed E-state index contributed by atoms with van der Waals surface area (Å²) < 4.78 is 5.52. The minimum Gasteiger partial charge on any atom is -0.381 e. The molecule has 1 nitrogen and oxygen atoms in total. The first-order valence-corrected chi connectivity index (χ1v) is 8.66. The van der Waals surface area contributed by atoms with Crippen LogP contribution >= 0.6 is 0 Å². The average molecular weight is 267 g/mol. The molecule has 1 aromatic rings. The van der Waals surface area contributed by atoms with Crippen molar-refractivity contribution in [2.45, 2.75) is 50.2 Å². The standard InChI is InChI=1S/C16H27OS/c1-5-11-17-12-7-9-15-8-6-10-16(13-15)18(4)14(2)3/h6,8,10,13-14H,5,7,9,11-12H2,1-4H3/q+1. The van der Waals surface area contributed by atoms with Crippen molar-refractivity contribution < 1.29 is 4.74 Å². The highest BCUT2D eigenvalue weighted by Crippen LogP contribution is 2.18. The smallest absolute Gasteiger partial charge is 0.155 e. The molecule has 1 atom stereocenters. The Kier molecular flexibility index (Phi) is 7.45. The van der Waals surface area contributed by atoms with Gasteiger partial charge in [0.05, 0.1) is 0 Å². The van der Waals surface area contributed by atoms with E-state index in [1.165, 1.54) is 10.5 Å². The lowest BCUT2D eigenvalue weighted by atomic mass is 10.1. The van der Waals surface area contributed by atoms with E-state index in [9.17, 15) is 0 Å². The molecule has 0 amide bonds. The van der Waals surface area contributed by atoms with Crippen molar-refractivity contribution in [1.82, 2.24) is 0 Å². The summed E-state index contributed by atoms with van der Waals surface area (Å²) in [5, 5.41) is 0.730. The monoisotopic (exact) mass is 267 g/mol. The third kappa shape index (κ3) is 5.45. The Balaban J connectivity index is 2.44. The first-order valence-electron chi connectivity index (χ1n) is 6.96. The topological polar surface area (TPSA) is 9.23 Å². The molecular formula is C16H27OS+. The predicted molar refractivity (Wildman–Crippen MR) is 82.6 cm³/mol. The van der Waals surface area contributed by atoms with E-state index in [-0.39, 0.29) is 0 Å². The summed E-state index contributed by atoms with van der Waals surface area (Å²) in [6, 6.07) is 9.08. The van der Waals surface area contributed by atoms with Crippen LogP contribution in [0.25, 0.3) is 0 Å². The fraction of sp³-hybridized carbons (Fsp3) is 0.625. The van der Waals surface area contributed by atoms with Crippen LogP contribution in [0.4, 0.5) is 0 Å². The second-order valence-electron chi connectivity index (χ2n) is 4.97.